The highest BCUT2D eigenvalue weighted by molar-refractivity contribution is 5.22. The predicted octanol–water partition coefficient (Wildman–Crippen LogP) is 1.50. The molecular formula is C12H17N5O. The molecule has 0 aliphatic rings. The van der Waals surface area contributed by atoms with Gasteiger partial charge in [-0.3, -0.25) is 4.68 Å². The maximum Gasteiger partial charge on any atom is 0.342 e. The molecule has 0 aromatic carbocycles. The number of nitrogens with zero attached hydrogens (tertiary/aromatic N) is 4. The van der Waals surface area contributed by atoms with Crippen LogP contribution in [0, 0.1) is 0 Å². The minimum absolute atomic E-state index is 0.309. The minimum Gasteiger partial charge on any atom is -0.404 e. The lowest BCUT2D eigenvalue weighted by atomic mass is 10.2. The quantitative estimate of drug-likeness (QED) is 0.784. The molecule has 0 aliphatic heterocycles. The number of pyridine rings is 1. The summed E-state index contributed by atoms with van der Waals surface area (Å²) in [5.41, 5.74) is 1.13. The summed E-state index contributed by atoms with van der Waals surface area (Å²) in [5, 5.41) is 7.37. The summed E-state index contributed by atoms with van der Waals surface area (Å²) >= 11 is 0. The van der Waals surface area contributed by atoms with Gasteiger partial charge in [-0.15, -0.1) is 5.10 Å². The van der Waals surface area contributed by atoms with E-state index in [0.717, 1.165) is 25.1 Å². The molecule has 0 saturated carbocycles. The molecule has 6 heteroatoms. The van der Waals surface area contributed by atoms with E-state index in [4.69, 9.17) is 4.74 Å². The minimum atomic E-state index is 0.309. The van der Waals surface area contributed by atoms with Crippen LogP contribution in [0.5, 0.6) is 11.9 Å². The number of rotatable bonds is 6. The number of aryl methyl sites for hydroxylation is 1. The second-order valence-electron chi connectivity index (χ2n) is 3.98. The van der Waals surface area contributed by atoms with E-state index in [1.54, 1.807) is 24.3 Å². The van der Waals surface area contributed by atoms with Crippen LogP contribution in [0.1, 0.15) is 18.9 Å². The van der Waals surface area contributed by atoms with Gasteiger partial charge in [0.2, 0.25) is 5.88 Å². The Balaban J connectivity index is 1.98. The molecule has 96 valence electrons. The van der Waals surface area contributed by atoms with Gasteiger partial charge in [-0.05, 0) is 24.6 Å². The molecule has 0 fully saturated rings. The molecule has 0 aliphatic carbocycles. The van der Waals surface area contributed by atoms with Gasteiger partial charge < -0.3 is 10.1 Å². The molecule has 2 heterocycles. The third-order valence-corrected chi connectivity index (χ3v) is 2.33. The number of hydrogen-bond donors (Lipinski definition) is 1. The molecule has 6 nitrogen and oxygen atoms in total. The van der Waals surface area contributed by atoms with Gasteiger partial charge in [0.05, 0.1) is 0 Å². The fourth-order valence-corrected chi connectivity index (χ4v) is 1.49. The highest BCUT2D eigenvalue weighted by Gasteiger charge is 2.03. The lowest BCUT2D eigenvalue weighted by Gasteiger charge is -2.05. The topological polar surface area (TPSA) is 64.9 Å². The smallest absolute Gasteiger partial charge is 0.342 e. The summed E-state index contributed by atoms with van der Waals surface area (Å²) < 4.78 is 7.05. The first-order valence-corrected chi connectivity index (χ1v) is 5.97. The molecule has 0 radical (unpaired) electrons. The first-order valence-electron chi connectivity index (χ1n) is 5.97. The summed E-state index contributed by atoms with van der Waals surface area (Å²) in [5.74, 6) is 0.511. The van der Waals surface area contributed by atoms with Gasteiger partial charge in [-0.25, -0.2) is 4.98 Å². The van der Waals surface area contributed by atoms with Crippen molar-refractivity contribution in [2.24, 2.45) is 7.05 Å². The normalized spacial score (nSPS) is 10.6. The van der Waals surface area contributed by atoms with E-state index in [0.29, 0.717) is 11.9 Å². The Labute approximate surface area is 106 Å². The van der Waals surface area contributed by atoms with Crippen LogP contribution in [0.2, 0.25) is 0 Å². The van der Waals surface area contributed by atoms with Crippen molar-refractivity contribution in [2.45, 2.75) is 19.9 Å². The number of nitrogens with one attached hydrogen (secondary N) is 1. The van der Waals surface area contributed by atoms with E-state index in [2.05, 4.69) is 27.3 Å². The number of ether oxygens (including phenoxy) is 1. The Morgan fingerprint density at radius 1 is 1.39 bits per heavy atom. The average molecular weight is 247 g/mol. The van der Waals surface area contributed by atoms with Crippen molar-refractivity contribution in [1.82, 2.24) is 25.1 Å². The summed E-state index contributed by atoms with van der Waals surface area (Å²) in [4.78, 5) is 8.12. The van der Waals surface area contributed by atoms with E-state index in [9.17, 15) is 0 Å². The SMILES string of the molecule is CCCNCc1ccnc(Oc2ncn(C)n2)c1. The van der Waals surface area contributed by atoms with Crippen molar-refractivity contribution < 1.29 is 4.74 Å². The molecule has 18 heavy (non-hydrogen) atoms. The van der Waals surface area contributed by atoms with Crippen molar-refractivity contribution in [1.29, 1.82) is 0 Å². The lowest BCUT2D eigenvalue weighted by molar-refractivity contribution is 0.421. The maximum absolute atomic E-state index is 5.46. The van der Waals surface area contributed by atoms with Crippen LogP contribution in [0.15, 0.2) is 24.7 Å². The third kappa shape index (κ3) is 3.53. The maximum atomic E-state index is 5.46. The molecule has 2 aromatic rings. The first kappa shape index (κ1) is 12.5. The molecule has 2 aromatic heterocycles. The zero-order valence-electron chi connectivity index (χ0n) is 10.6. The monoisotopic (exact) mass is 247 g/mol. The van der Waals surface area contributed by atoms with E-state index in [1.807, 2.05) is 12.1 Å². The Morgan fingerprint density at radius 3 is 3.00 bits per heavy atom. The van der Waals surface area contributed by atoms with Crippen LogP contribution >= 0.6 is 0 Å². The van der Waals surface area contributed by atoms with Crippen molar-refractivity contribution in [3.8, 4) is 11.9 Å². The molecular weight excluding hydrogens is 230 g/mol. The average Bonchev–Trinajstić information content (AvgIpc) is 2.76. The van der Waals surface area contributed by atoms with E-state index >= 15 is 0 Å². The highest BCUT2D eigenvalue weighted by Crippen LogP contribution is 2.15. The van der Waals surface area contributed by atoms with Gasteiger partial charge in [0.1, 0.15) is 6.33 Å². The predicted molar refractivity (Wildman–Crippen MR) is 67.3 cm³/mol. The molecule has 0 spiro atoms. The van der Waals surface area contributed by atoms with Crippen molar-refractivity contribution in [3.05, 3.63) is 30.2 Å². The van der Waals surface area contributed by atoms with Gasteiger partial charge in [-0.1, -0.05) is 6.92 Å². The van der Waals surface area contributed by atoms with E-state index in [1.165, 1.54) is 0 Å². The van der Waals surface area contributed by atoms with Crippen LogP contribution in [-0.2, 0) is 13.6 Å². The van der Waals surface area contributed by atoms with Crippen LogP contribution in [0.25, 0.3) is 0 Å². The summed E-state index contributed by atoms with van der Waals surface area (Å²) in [6, 6.07) is 4.16. The number of hydrogen-bond acceptors (Lipinski definition) is 5. The first-order chi connectivity index (χ1) is 8.78. The van der Waals surface area contributed by atoms with Crippen LogP contribution in [-0.4, -0.2) is 26.3 Å². The van der Waals surface area contributed by atoms with E-state index < -0.39 is 0 Å². The second kappa shape index (κ2) is 6.11. The highest BCUT2D eigenvalue weighted by atomic mass is 16.5. The van der Waals surface area contributed by atoms with Crippen molar-refractivity contribution in [3.63, 3.8) is 0 Å². The Kier molecular flexibility index (Phi) is 4.25. The standard InChI is InChI=1S/C12H17N5O/c1-3-5-13-8-10-4-6-14-11(7-10)18-12-15-9-17(2)16-12/h4,6-7,9,13H,3,5,8H2,1-2H3. The fraction of sp³-hybridized carbons (Fsp3) is 0.417. The molecule has 1 N–H and O–H groups in total. The van der Waals surface area contributed by atoms with Crippen molar-refractivity contribution >= 4 is 0 Å². The molecule has 0 saturated heterocycles. The van der Waals surface area contributed by atoms with Gasteiger partial charge in [-0.2, -0.15) is 4.98 Å². The fourth-order valence-electron chi connectivity index (χ4n) is 1.49. The van der Waals surface area contributed by atoms with Crippen LogP contribution < -0.4 is 10.1 Å². The molecule has 0 atom stereocenters. The lowest BCUT2D eigenvalue weighted by Crippen LogP contribution is -2.13. The van der Waals surface area contributed by atoms with Crippen LogP contribution in [0.3, 0.4) is 0 Å². The number of aromatic nitrogens is 4. The Bertz CT molecular complexity index is 497. The molecule has 0 bridgehead atoms. The zero-order chi connectivity index (χ0) is 12.8. The van der Waals surface area contributed by atoms with E-state index in [-0.39, 0.29) is 0 Å². The zero-order valence-corrected chi connectivity index (χ0v) is 10.6. The van der Waals surface area contributed by atoms with Gasteiger partial charge in [0.15, 0.2) is 0 Å². The molecule has 0 amide bonds. The molecule has 2 rings (SSSR count). The summed E-state index contributed by atoms with van der Waals surface area (Å²) in [6.07, 6.45) is 4.43. The van der Waals surface area contributed by atoms with Crippen molar-refractivity contribution in [2.75, 3.05) is 6.54 Å². The van der Waals surface area contributed by atoms with Gasteiger partial charge >= 0.3 is 6.01 Å². The third-order valence-electron chi connectivity index (χ3n) is 2.33. The van der Waals surface area contributed by atoms with Gasteiger partial charge in [0, 0.05) is 25.9 Å². The van der Waals surface area contributed by atoms with Gasteiger partial charge in [0.25, 0.3) is 0 Å². The second-order valence-corrected chi connectivity index (χ2v) is 3.98. The summed E-state index contributed by atoms with van der Waals surface area (Å²) in [7, 11) is 1.79. The Hall–Kier alpha value is -1.95. The summed E-state index contributed by atoms with van der Waals surface area (Å²) in [6.45, 7) is 3.95. The largest absolute Gasteiger partial charge is 0.404 e. The Morgan fingerprint density at radius 2 is 2.28 bits per heavy atom. The molecule has 0 unspecified atom stereocenters. The van der Waals surface area contributed by atoms with Crippen LogP contribution in [0.4, 0.5) is 0 Å².